The molecule has 12 rings (SSSR count). The molecule has 0 atom stereocenters. The predicted molar refractivity (Wildman–Crippen MR) is 256 cm³/mol. The minimum Gasteiger partial charge on any atom is -0.310 e. The van der Waals surface area contributed by atoms with Crippen molar-refractivity contribution in [2.45, 2.75) is 13.1 Å². The van der Waals surface area contributed by atoms with Crippen molar-refractivity contribution in [3.8, 4) is 22.3 Å². The second-order valence-electron chi connectivity index (χ2n) is 16.5. The molecule has 278 valence electrons. The summed E-state index contributed by atoms with van der Waals surface area (Å²) in [7, 11) is -1.93. The SMILES string of the molecule is C[Si]1(C)c2ccccc2-c2c(N(c3ccc(-c4ccccc4)cc3)c3ccc4c(c3)c3cccc5c6ccccc6c6ccccc6c6ccccc6n4c53)cccc21. The number of nitrogens with zero attached hydrogens (tertiary/aromatic N) is 2. The van der Waals surface area contributed by atoms with Crippen LogP contribution in [0.15, 0.2) is 206 Å². The third-order valence-corrected chi connectivity index (χ3v) is 16.5. The van der Waals surface area contributed by atoms with Gasteiger partial charge in [0.05, 0.1) is 22.2 Å². The highest BCUT2D eigenvalue weighted by Crippen LogP contribution is 2.46. The van der Waals surface area contributed by atoms with Gasteiger partial charge >= 0.3 is 0 Å². The fraction of sp³-hybridized carbons (Fsp3) is 0.0357. The van der Waals surface area contributed by atoms with E-state index in [1.54, 1.807) is 0 Å². The fourth-order valence-corrected chi connectivity index (χ4v) is 13.3. The van der Waals surface area contributed by atoms with Crippen molar-refractivity contribution in [2.24, 2.45) is 0 Å². The average molecular weight is 769 g/mol. The molecule has 0 bridgehead atoms. The Morgan fingerprint density at radius 2 is 0.881 bits per heavy atom. The minimum atomic E-state index is -1.93. The van der Waals surface area contributed by atoms with Crippen molar-refractivity contribution in [3.63, 3.8) is 0 Å². The van der Waals surface area contributed by atoms with Crippen LogP contribution in [0.3, 0.4) is 0 Å². The van der Waals surface area contributed by atoms with Crippen LogP contribution in [0, 0.1) is 0 Å². The van der Waals surface area contributed by atoms with Crippen LogP contribution in [0.2, 0.25) is 13.1 Å². The van der Waals surface area contributed by atoms with E-state index in [1.807, 2.05) is 0 Å². The largest absolute Gasteiger partial charge is 0.310 e. The highest BCUT2D eigenvalue weighted by molar-refractivity contribution is 7.04. The molecule has 3 heterocycles. The predicted octanol–water partition coefficient (Wildman–Crippen LogP) is 14.2. The quantitative estimate of drug-likeness (QED) is 0.162. The van der Waals surface area contributed by atoms with Gasteiger partial charge in [-0.05, 0) is 91.1 Å². The van der Waals surface area contributed by atoms with Gasteiger partial charge < -0.3 is 9.30 Å². The van der Waals surface area contributed by atoms with Crippen molar-refractivity contribution < 1.29 is 0 Å². The third kappa shape index (κ3) is 4.98. The maximum Gasteiger partial charge on any atom is 0.113 e. The summed E-state index contributed by atoms with van der Waals surface area (Å²) in [6.45, 7) is 5.00. The summed E-state index contributed by atoms with van der Waals surface area (Å²) in [5, 5.41) is 12.9. The first-order chi connectivity index (χ1) is 29.1. The second-order valence-corrected chi connectivity index (χ2v) is 20.8. The van der Waals surface area contributed by atoms with E-state index < -0.39 is 8.07 Å². The summed E-state index contributed by atoms with van der Waals surface area (Å²) in [4.78, 5) is 2.51. The molecule has 0 N–H and O–H groups in total. The Kier molecular flexibility index (Phi) is 7.41. The van der Waals surface area contributed by atoms with Gasteiger partial charge in [0.25, 0.3) is 0 Å². The third-order valence-electron chi connectivity index (χ3n) is 13.0. The van der Waals surface area contributed by atoms with Crippen LogP contribution >= 0.6 is 0 Å². The van der Waals surface area contributed by atoms with Crippen molar-refractivity contribution in [2.75, 3.05) is 4.90 Å². The number of fused-ring (bicyclic) bond motifs is 13. The molecule has 0 aliphatic carbocycles. The smallest absolute Gasteiger partial charge is 0.113 e. The number of anilines is 3. The van der Waals surface area contributed by atoms with Gasteiger partial charge in [-0.3, -0.25) is 0 Å². The minimum absolute atomic E-state index is 1.14. The van der Waals surface area contributed by atoms with Crippen molar-refractivity contribution in [3.05, 3.63) is 206 Å². The monoisotopic (exact) mass is 768 g/mol. The molecule has 59 heavy (non-hydrogen) atoms. The first kappa shape index (κ1) is 33.9. The van der Waals surface area contributed by atoms with Crippen LogP contribution in [0.4, 0.5) is 17.1 Å². The van der Waals surface area contributed by atoms with Gasteiger partial charge in [0, 0.05) is 38.5 Å². The van der Waals surface area contributed by atoms with Gasteiger partial charge in [0.1, 0.15) is 8.07 Å². The van der Waals surface area contributed by atoms with Crippen molar-refractivity contribution in [1.29, 1.82) is 0 Å². The number of aromatic nitrogens is 1. The van der Waals surface area contributed by atoms with Gasteiger partial charge in [-0.1, -0.05) is 177 Å². The summed E-state index contributed by atoms with van der Waals surface area (Å²) >= 11 is 0. The van der Waals surface area contributed by atoms with E-state index in [4.69, 9.17) is 0 Å². The van der Waals surface area contributed by atoms with E-state index >= 15 is 0 Å². The van der Waals surface area contributed by atoms with E-state index in [1.165, 1.54) is 98.0 Å². The van der Waals surface area contributed by atoms with Crippen LogP contribution in [-0.2, 0) is 0 Å². The summed E-state index contributed by atoms with van der Waals surface area (Å²) in [6.07, 6.45) is 0. The Balaban J connectivity index is 1.19. The molecule has 0 unspecified atom stereocenters. The van der Waals surface area contributed by atoms with E-state index in [-0.39, 0.29) is 0 Å². The van der Waals surface area contributed by atoms with E-state index in [0.717, 1.165) is 11.4 Å². The Morgan fingerprint density at radius 3 is 1.63 bits per heavy atom. The van der Waals surface area contributed by atoms with E-state index in [0.29, 0.717) is 0 Å². The second kappa shape index (κ2) is 12.9. The van der Waals surface area contributed by atoms with Crippen molar-refractivity contribution in [1.82, 2.24) is 4.40 Å². The molecule has 1 aliphatic rings. The highest BCUT2D eigenvalue weighted by atomic mass is 28.3. The number of para-hydroxylation sites is 2. The lowest BCUT2D eigenvalue weighted by Gasteiger charge is -2.29. The van der Waals surface area contributed by atoms with E-state index in [9.17, 15) is 0 Å². The molecule has 0 amide bonds. The van der Waals surface area contributed by atoms with Gasteiger partial charge in [-0.15, -0.1) is 0 Å². The van der Waals surface area contributed by atoms with Crippen LogP contribution in [0.25, 0.3) is 81.9 Å². The lowest BCUT2D eigenvalue weighted by molar-refractivity contribution is 1.29. The highest BCUT2D eigenvalue weighted by Gasteiger charge is 2.39. The molecule has 0 spiro atoms. The molecule has 2 nitrogen and oxygen atoms in total. The fourth-order valence-electron chi connectivity index (χ4n) is 10.2. The number of hydrogen-bond donors (Lipinski definition) is 0. The lowest BCUT2D eigenvalue weighted by atomic mass is 10.00. The zero-order valence-electron chi connectivity index (χ0n) is 33.0. The zero-order valence-corrected chi connectivity index (χ0v) is 34.0. The lowest BCUT2D eigenvalue weighted by Crippen LogP contribution is -2.49. The molecule has 9 aromatic carbocycles. The molecule has 0 radical (unpaired) electrons. The Morgan fingerprint density at radius 1 is 0.373 bits per heavy atom. The molecule has 3 heteroatoms. The Bertz CT molecular complexity index is 3530. The molecular weight excluding hydrogens is 729 g/mol. The van der Waals surface area contributed by atoms with Crippen LogP contribution < -0.4 is 15.3 Å². The average Bonchev–Trinajstić information content (AvgIpc) is 3.76. The molecule has 0 fully saturated rings. The number of hydrogen-bond acceptors (Lipinski definition) is 1. The Hall–Kier alpha value is -7.20. The van der Waals surface area contributed by atoms with Gasteiger partial charge in [0.15, 0.2) is 0 Å². The summed E-state index contributed by atoms with van der Waals surface area (Å²) in [5.74, 6) is 0. The van der Waals surface area contributed by atoms with Crippen LogP contribution in [0.1, 0.15) is 0 Å². The standard InChI is InChI=1S/C56H40N2Si/c1-59(2)53-28-13-11-23-48(53)55-52(27-15-29-54(55)59)57(39-32-30-38(31-33-39)37-16-4-3-5-17-37)40-34-35-51-49(36-40)47-25-14-24-46-44-21-9-7-19-42(44)41-18-6-8-20-43(41)45-22-10-12-26-50(45)58(51)56(46)47/h3-36H,1-2H3. The maximum atomic E-state index is 2.53. The molecule has 2 aromatic heterocycles. The number of rotatable bonds is 4. The summed E-state index contributed by atoms with van der Waals surface area (Å²) < 4.78 is 2.53. The van der Waals surface area contributed by atoms with Crippen LogP contribution in [0.5, 0.6) is 0 Å². The van der Waals surface area contributed by atoms with Gasteiger partial charge in [0.2, 0.25) is 0 Å². The van der Waals surface area contributed by atoms with Gasteiger partial charge in [-0.25, -0.2) is 0 Å². The molecule has 1 aliphatic heterocycles. The summed E-state index contributed by atoms with van der Waals surface area (Å²) in [6, 6.07) is 76.7. The summed E-state index contributed by atoms with van der Waals surface area (Å²) in [5.41, 5.74) is 12.3. The maximum absolute atomic E-state index is 2.53. The van der Waals surface area contributed by atoms with Crippen LogP contribution in [-0.4, -0.2) is 12.5 Å². The molecule has 0 saturated heterocycles. The molecule has 11 aromatic rings. The number of benzene rings is 9. The zero-order chi connectivity index (χ0) is 39.2. The van der Waals surface area contributed by atoms with E-state index in [2.05, 4.69) is 229 Å². The molecule has 0 saturated carbocycles. The molecular formula is C56H40N2Si. The first-order valence-electron chi connectivity index (χ1n) is 20.6. The van der Waals surface area contributed by atoms with Crippen molar-refractivity contribution >= 4 is 95.1 Å². The Labute approximate surface area is 344 Å². The first-order valence-corrected chi connectivity index (χ1v) is 23.6. The van der Waals surface area contributed by atoms with Gasteiger partial charge in [-0.2, -0.15) is 0 Å². The topological polar surface area (TPSA) is 7.65 Å². The normalized spacial score (nSPS) is 13.1.